The molecule has 0 bridgehead atoms. The van der Waals surface area contributed by atoms with Crippen LogP contribution in [0.1, 0.15) is 30.0 Å². The number of hydrogen-bond donors (Lipinski definition) is 2. The van der Waals surface area contributed by atoms with Gasteiger partial charge in [0.05, 0.1) is 0 Å². The second-order valence-corrected chi connectivity index (χ2v) is 6.95. The lowest BCUT2D eigenvalue weighted by molar-refractivity contribution is -0.130. The van der Waals surface area contributed by atoms with Crippen molar-refractivity contribution in [1.29, 1.82) is 0 Å². The Morgan fingerprint density at radius 2 is 2.00 bits per heavy atom. The Morgan fingerprint density at radius 3 is 2.72 bits per heavy atom. The smallest absolute Gasteiger partial charge is 0.325 e. The Balaban J connectivity index is 1.60. The zero-order chi connectivity index (χ0) is 18.0. The molecule has 25 heavy (non-hydrogen) atoms. The van der Waals surface area contributed by atoms with Gasteiger partial charge in [0.15, 0.2) is 0 Å². The minimum Gasteiger partial charge on any atom is -0.342 e. The van der Waals surface area contributed by atoms with Crippen LogP contribution in [0, 0.1) is 0 Å². The second kappa shape index (κ2) is 7.45. The summed E-state index contributed by atoms with van der Waals surface area (Å²) in [5.74, 6) is -0.00114. The van der Waals surface area contributed by atoms with Gasteiger partial charge in [-0.25, -0.2) is 4.79 Å². The van der Waals surface area contributed by atoms with Crippen molar-refractivity contribution in [3.05, 3.63) is 66.4 Å². The van der Waals surface area contributed by atoms with E-state index in [2.05, 4.69) is 9.97 Å². The van der Waals surface area contributed by atoms with Crippen LogP contribution < -0.4 is 11.2 Å². The van der Waals surface area contributed by atoms with Gasteiger partial charge in [-0.1, -0.05) is 29.3 Å². The SMILES string of the molecule is O=C(CCc1ccc(Cl)cc1Cl)N1CCC(c2cc(=O)[nH]c(=O)[nH]2)C1. The molecular weight excluding hydrogens is 365 g/mol. The fourth-order valence-electron chi connectivity index (χ4n) is 3.07. The van der Waals surface area contributed by atoms with E-state index in [-0.39, 0.29) is 11.8 Å². The fraction of sp³-hybridized carbons (Fsp3) is 0.353. The highest BCUT2D eigenvalue weighted by atomic mass is 35.5. The van der Waals surface area contributed by atoms with Crippen molar-refractivity contribution >= 4 is 29.1 Å². The molecule has 3 rings (SSSR count). The number of nitrogens with one attached hydrogen (secondary N) is 2. The molecule has 6 nitrogen and oxygen atoms in total. The van der Waals surface area contributed by atoms with E-state index in [0.717, 1.165) is 5.56 Å². The lowest BCUT2D eigenvalue weighted by Crippen LogP contribution is -2.29. The van der Waals surface area contributed by atoms with Crippen LogP contribution in [0.2, 0.25) is 10.0 Å². The number of carbonyl (C=O) groups is 1. The average molecular weight is 382 g/mol. The number of aromatic nitrogens is 2. The summed E-state index contributed by atoms with van der Waals surface area (Å²) < 4.78 is 0. The molecule has 2 heterocycles. The fourth-order valence-corrected chi connectivity index (χ4v) is 3.58. The van der Waals surface area contributed by atoms with Gasteiger partial charge in [0, 0.05) is 47.2 Å². The van der Waals surface area contributed by atoms with E-state index in [0.29, 0.717) is 48.1 Å². The summed E-state index contributed by atoms with van der Waals surface area (Å²) in [6.45, 7) is 1.10. The molecule has 1 aliphatic rings. The first-order valence-electron chi connectivity index (χ1n) is 7.97. The third-order valence-electron chi connectivity index (χ3n) is 4.39. The summed E-state index contributed by atoms with van der Waals surface area (Å²) in [5, 5.41) is 1.12. The van der Waals surface area contributed by atoms with Crippen molar-refractivity contribution in [2.24, 2.45) is 0 Å². The molecule has 0 aliphatic carbocycles. The number of amides is 1. The maximum absolute atomic E-state index is 12.4. The maximum Gasteiger partial charge on any atom is 0.325 e. The molecule has 1 unspecified atom stereocenters. The van der Waals surface area contributed by atoms with E-state index in [1.165, 1.54) is 6.07 Å². The van der Waals surface area contributed by atoms with Crippen LogP contribution in [0.25, 0.3) is 0 Å². The minimum atomic E-state index is -0.523. The van der Waals surface area contributed by atoms with Gasteiger partial charge in [0.1, 0.15) is 0 Å². The topological polar surface area (TPSA) is 86.0 Å². The van der Waals surface area contributed by atoms with Gasteiger partial charge in [0.2, 0.25) is 5.91 Å². The van der Waals surface area contributed by atoms with Gasteiger partial charge in [-0.3, -0.25) is 14.6 Å². The van der Waals surface area contributed by atoms with Crippen LogP contribution in [-0.4, -0.2) is 33.9 Å². The van der Waals surface area contributed by atoms with Crippen LogP contribution in [0.5, 0.6) is 0 Å². The summed E-state index contributed by atoms with van der Waals surface area (Å²) in [7, 11) is 0. The van der Waals surface area contributed by atoms with Gasteiger partial charge in [-0.05, 0) is 30.5 Å². The monoisotopic (exact) mass is 381 g/mol. The van der Waals surface area contributed by atoms with Gasteiger partial charge in [-0.15, -0.1) is 0 Å². The number of hydrogen-bond acceptors (Lipinski definition) is 3. The number of benzene rings is 1. The predicted octanol–water partition coefficient (Wildman–Crippen LogP) is 2.32. The highest BCUT2D eigenvalue weighted by Crippen LogP contribution is 2.26. The quantitative estimate of drug-likeness (QED) is 0.851. The summed E-state index contributed by atoms with van der Waals surface area (Å²) >= 11 is 12.0. The number of H-pyrrole nitrogens is 2. The van der Waals surface area contributed by atoms with E-state index in [9.17, 15) is 14.4 Å². The van der Waals surface area contributed by atoms with Crippen LogP contribution >= 0.6 is 23.2 Å². The third kappa shape index (κ3) is 4.32. The minimum absolute atomic E-state index is 0.0284. The van der Waals surface area contributed by atoms with Crippen LogP contribution in [0.15, 0.2) is 33.9 Å². The summed E-state index contributed by atoms with van der Waals surface area (Å²) in [6, 6.07) is 6.62. The van der Waals surface area contributed by atoms with Crippen molar-refractivity contribution < 1.29 is 4.79 Å². The van der Waals surface area contributed by atoms with Crippen molar-refractivity contribution in [1.82, 2.24) is 14.9 Å². The zero-order valence-electron chi connectivity index (χ0n) is 13.4. The summed E-state index contributed by atoms with van der Waals surface area (Å²) in [4.78, 5) is 41.8. The number of likely N-dealkylation sites (tertiary alicyclic amines) is 1. The number of aromatic amines is 2. The number of nitrogens with zero attached hydrogens (tertiary/aromatic N) is 1. The Bertz CT molecular complexity index is 878. The van der Waals surface area contributed by atoms with E-state index in [1.807, 2.05) is 6.07 Å². The summed E-state index contributed by atoms with van der Waals surface area (Å²) in [6.07, 6.45) is 1.60. The first-order valence-corrected chi connectivity index (χ1v) is 8.73. The normalized spacial score (nSPS) is 17.0. The van der Waals surface area contributed by atoms with Crippen molar-refractivity contribution in [2.45, 2.75) is 25.2 Å². The van der Waals surface area contributed by atoms with Gasteiger partial charge in [0.25, 0.3) is 5.56 Å². The number of carbonyl (C=O) groups excluding carboxylic acids is 1. The molecule has 1 amide bonds. The predicted molar refractivity (Wildman–Crippen MR) is 96.4 cm³/mol. The Labute approximate surface area is 153 Å². The molecule has 0 saturated carbocycles. The van der Waals surface area contributed by atoms with Gasteiger partial charge >= 0.3 is 5.69 Å². The third-order valence-corrected chi connectivity index (χ3v) is 4.97. The molecule has 2 aromatic rings. The molecule has 1 aromatic carbocycles. The Kier molecular flexibility index (Phi) is 5.30. The van der Waals surface area contributed by atoms with Crippen LogP contribution in [0.3, 0.4) is 0 Å². The van der Waals surface area contributed by atoms with Crippen molar-refractivity contribution in [3.8, 4) is 0 Å². The van der Waals surface area contributed by atoms with Crippen LogP contribution in [0.4, 0.5) is 0 Å². The molecular formula is C17H17Cl2N3O3. The lowest BCUT2D eigenvalue weighted by atomic mass is 10.1. The van der Waals surface area contributed by atoms with E-state index in [4.69, 9.17) is 23.2 Å². The highest BCUT2D eigenvalue weighted by Gasteiger charge is 2.28. The standard InChI is InChI=1S/C17H17Cl2N3O3/c18-12-3-1-10(13(19)7-12)2-4-16(24)22-6-5-11(9-22)14-8-15(23)21-17(25)20-14/h1,3,7-8,11H,2,4-6,9H2,(H2,20,21,23,25). The molecule has 8 heteroatoms. The molecule has 1 atom stereocenters. The maximum atomic E-state index is 12.4. The number of rotatable bonds is 4. The lowest BCUT2D eigenvalue weighted by Gasteiger charge is -2.17. The van der Waals surface area contributed by atoms with Gasteiger partial charge < -0.3 is 9.88 Å². The molecule has 1 saturated heterocycles. The van der Waals surface area contributed by atoms with Crippen LogP contribution in [-0.2, 0) is 11.2 Å². The molecule has 2 N–H and O–H groups in total. The average Bonchev–Trinajstić information content (AvgIpc) is 3.03. The zero-order valence-corrected chi connectivity index (χ0v) is 14.9. The molecule has 1 aliphatic heterocycles. The number of aryl methyl sites for hydroxylation is 1. The largest absolute Gasteiger partial charge is 0.342 e. The van der Waals surface area contributed by atoms with E-state index in [1.54, 1.807) is 17.0 Å². The van der Waals surface area contributed by atoms with Crippen molar-refractivity contribution in [2.75, 3.05) is 13.1 Å². The van der Waals surface area contributed by atoms with Crippen molar-refractivity contribution in [3.63, 3.8) is 0 Å². The summed E-state index contributed by atoms with van der Waals surface area (Å²) in [5.41, 5.74) is 0.504. The molecule has 0 radical (unpaired) electrons. The van der Waals surface area contributed by atoms with Gasteiger partial charge in [-0.2, -0.15) is 0 Å². The highest BCUT2D eigenvalue weighted by molar-refractivity contribution is 6.35. The first kappa shape index (κ1) is 17.8. The van der Waals surface area contributed by atoms with E-state index < -0.39 is 11.2 Å². The number of halogens is 2. The van der Waals surface area contributed by atoms with E-state index >= 15 is 0 Å². The molecule has 0 spiro atoms. The Hall–Kier alpha value is -2.05. The Morgan fingerprint density at radius 1 is 1.20 bits per heavy atom. The molecule has 132 valence electrons. The molecule has 1 fully saturated rings. The second-order valence-electron chi connectivity index (χ2n) is 6.10. The first-order chi connectivity index (χ1) is 11.9. The molecule has 1 aromatic heterocycles.